The molecule has 0 aliphatic rings. The number of amides is 1. The number of thiazole rings is 1. The second kappa shape index (κ2) is 8.46. The number of anilines is 1. The van der Waals surface area contributed by atoms with Crippen LogP contribution in [0.15, 0.2) is 60.0 Å². The van der Waals surface area contributed by atoms with Crippen molar-refractivity contribution in [2.75, 3.05) is 18.5 Å². The van der Waals surface area contributed by atoms with Gasteiger partial charge in [0.05, 0.1) is 5.69 Å². The summed E-state index contributed by atoms with van der Waals surface area (Å²) in [6.07, 6.45) is 0. The molecule has 0 unspecified atom stereocenters. The molecule has 27 heavy (non-hydrogen) atoms. The fourth-order valence-corrected chi connectivity index (χ4v) is 3.34. The van der Waals surface area contributed by atoms with Gasteiger partial charge in [0.25, 0.3) is 5.91 Å². The monoisotopic (exact) mass is 381 g/mol. The summed E-state index contributed by atoms with van der Waals surface area (Å²) in [5.74, 6) is -1.47. The molecule has 0 spiro atoms. The van der Waals surface area contributed by atoms with E-state index in [1.165, 1.54) is 0 Å². The van der Waals surface area contributed by atoms with E-state index in [9.17, 15) is 9.59 Å². The molecule has 3 rings (SSSR count). The molecule has 0 fully saturated rings. The van der Waals surface area contributed by atoms with Crippen molar-refractivity contribution >= 4 is 28.3 Å². The van der Waals surface area contributed by atoms with Crippen LogP contribution in [-0.2, 0) is 11.3 Å². The van der Waals surface area contributed by atoms with Crippen LogP contribution in [0.3, 0.4) is 0 Å². The first-order valence-corrected chi connectivity index (χ1v) is 9.22. The van der Waals surface area contributed by atoms with Crippen LogP contribution in [0.1, 0.15) is 15.9 Å². The van der Waals surface area contributed by atoms with Crippen LogP contribution in [0.5, 0.6) is 0 Å². The highest BCUT2D eigenvalue weighted by Crippen LogP contribution is 2.27. The summed E-state index contributed by atoms with van der Waals surface area (Å²) in [7, 11) is 1.97. The minimum atomic E-state index is -1.07. The molecular weight excluding hydrogens is 362 g/mol. The van der Waals surface area contributed by atoms with Crippen LogP contribution >= 0.6 is 11.3 Å². The number of aliphatic carboxylic acids is 1. The molecule has 1 aromatic heterocycles. The molecule has 1 amide bonds. The zero-order valence-corrected chi connectivity index (χ0v) is 15.6. The first-order chi connectivity index (χ1) is 13.0. The molecule has 138 valence electrons. The fourth-order valence-electron chi connectivity index (χ4n) is 2.54. The Balaban J connectivity index is 1.63. The fraction of sp³-hybridized carbons (Fsp3) is 0.150. The van der Waals surface area contributed by atoms with E-state index in [1.54, 1.807) is 23.5 Å². The maximum atomic E-state index is 11.8. The lowest BCUT2D eigenvalue weighted by Crippen LogP contribution is -2.29. The average Bonchev–Trinajstić information content (AvgIpc) is 3.18. The molecule has 2 aromatic carbocycles. The van der Waals surface area contributed by atoms with Gasteiger partial charge in [0, 0.05) is 30.1 Å². The molecule has 0 aliphatic carbocycles. The lowest BCUT2D eigenvalue weighted by molar-refractivity contribution is -0.135. The van der Waals surface area contributed by atoms with E-state index in [2.05, 4.69) is 15.2 Å². The highest BCUT2D eigenvalue weighted by molar-refractivity contribution is 7.14. The lowest BCUT2D eigenvalue weighted by atomic mass is 10.1. The van der Waals surface area contributed by atoms with Crippen LogP contribution in [-0.4, -0.2) is 35.6 Å². The first-order valence-electron chi connectivity index (χ1n) is 8.34. The summed E-state index contributed by atoms with van der Waals surface area (Å²) in [4.78, 5) is 29.1. The minimum absolute atomic E-state index is 0.392. The van der Waals surface area contributed by atoms with Gasteiger partial charge in [-0.2, -0.15) is 0 Å². The van der Waals surface area contributed by atoms with Crippen molar-refractivity contribution in [1.29, 1.82) is 0 Å². The molecule has 0 atom stereocenters. The zero-order chi connectivity index (χ0) is 19.2. The molecular formula is C20H19N3O3S. The number of carbonyl (C=O) groups excluding carboxylic acids is 1. The predicted molar refractivity (Wildman–Crippen MR) is 106 cm³/mol. The van der Waals surface area contributed by atoms with Gasteiger partial charge in [-0.15, -0.1) is 11.3 Å². The van der Waals surface area contributed by atoms with E-state index in [-0.39, 0.29) is 0 Å². The van der Waals surface area contributed by atoms with Crippen molar-refractivity contribution < 1.29 is 14.7 Å². The van der Waals surface area contributed by atoms with E-state index in [0.717, 1.165) is 22.0 Å². The van der Waals surface area contributed by atoms with Crippen molar-refractivity contribution in [3.05, 3.63) is 71.1 Å². The topological polar surface area (TPSA) is 82.5 Å². The Morgan fingerprint density at radius 3 is 2.48 bits per heavy atom. The third-order valence-electron chi connectivity index (χ3n) is 3.92. The van der Waals surface area contributed by atoms with Crippen molar-refractivity contribution in [3.8, 4) is 11.3 Å². The summed E-state index contributed by atoms with van der Waals surface area (Å²) in [5, 5.41) is 13.9. The number of rotatable bonds is 7. The van der Waals surface area contributed by atoms with Gasteiger partial charge < -0.3 is 15.3 Å². The summed E-state index contributed by atoms with van der Waals surface area (Å²) in [6.45, 7) is 0.260. The first kappa shape index (κ1) is 18.6. The van der Waals surface area contributed by atoms with Crippen molar-refractivity contribution in [3.63, 3.8) is 0 Å². The Bertz CT molecular complexity index is 923. The number of hydrogen-bond acceptors (Lipinski definition) is 5. The molecule has 1 heterocycles. The van der Waals surface area contributed by atoms with Gasteiger partial charge in [0.1, 0.15) is 6.54 Å². The lowest BCUT2D eigenvalue weighted by Gasteiger charge is -2.16. The molecule has 0 aliphatic heterocycles. The van der Waals surface area contributed by atoms with Gasteiger partial charge in [-0.05, 0) is 17.7 Å². The number of carboxylic acid groups (broad SMARTS) is 1. The largest absolute Gasteiger partial charge is 0.480 e. The maximum absolute atomic E-state index is 11.8. The van der Waals surface area contributed by atoms with Gasteiger partial charge in [0.15, 0.2) is 5.13 Å². The smallest absolute Gasteiger partial charge is 0.322 e. The minimum Gasteiger partial charge on any atom is -0.480 e. The summed E-state index contributed by atoms with van der Waals surface area (Å²) >= 11 is 1.58. The number of hydrogen-bond donors (Lipinski definition) is 2. The summed E-state index contributed by atoms with van der Waals surface area (Å²) < 4.78 is 0. The van der Waals surface area contributed by atoms with E-state index in [0.29, 0.717) is 12.1 Å². The zero-order valence-electron chi connectivity index (χ0n) is 14.8. The number of nitrogens with zero attached hydrogens (tertiary/aromatic N) is 2. The SMILES string of the molecule is CN(Cc1ccc(C(=O)NCC(=O)O)cc1)c1nc(-c2ccccc2)cs1. The number of nitrogens with one attached hydrogen (secondary N) is 1. The van der Waals surface area contributed by atoms with E-state index < -0.39 is 18.4 Å². The Morgan fingerprint density at radius 2 is 1.81 bits per heavy atom. The number of aromatic nitrogens is 1. The third kappa shape index (κ3) is 4.92. The van der Waals surface area contributed by atoms with Crippen LogP contribution < -0.4 is 10.2 Å². The highest BCUT2D eigenvalue weighted by Gasteiger charge is 2.10. The summed E-state index contributed by atoms with van der Waals surface area (Å²) in [6, 6.07) is 17.1. The predicted octanol–water partition coefficient (Wildman–Crippen LogP) is 3.26. The highest BCUT2D eigenvalue weighted by atomic mass is 32.1. The Kier molecular flexibility index (Phi) is 5.83. The molecule has 6 nitrogen and oxygen atoms in total. The van der Waals surface area contributed by atoms with E-state index in [4.69, 9.17) is 5.11 Å². The molecule has 2 N–H and O–H groups in total. The van der Waals surface area contributed by atoms with Crippen LogP contribution in [0.2, 0.25) is 0 Å². The molecule has 0 saturated heterocycles. The molecule has 0 bridgehead atoms. The standard InChI is InChI=1S/C20H19N3O3S/c1-23(20-22-17(13-27-20)15-5-3-2-4-6-15)12-14-7-9-16(10-8-14)19(26)21-11-18(24)25/h2-10,13H,11-12H2,1H3,(H,21,26)(H,24,25). The third-order valence-corrected chi connectivity index (χ3v) is 4.88. The molecule has 7 heteroatoms. The van der Waals surface area contributed by atoms with Gasteiger partial charge in [-0.25, -0.2) is 4.98 Å². The van der Waals surface area contributed by atoms with Crippen LogP contribution in [0.25, 0.3) is 11.3 Å². The second-order valence-corrected chi connectivity index (χ2v) is 6.85. The molecule has 3 aromatic rings. The Morgan fingerprint density at radius 1 is 1.11 bits per heavy atom. The van der Waals surface area contributed by atoms with E-state index in [1.807, 2.05) is 54.9 Å². The Hall–Kier alpha value is -3.19. The summed E-state index contributed by atoms with van der Waals surface area (Å²) in [5.41, 5.74) is 3.50. The molecule has 0 radical (unpaired) electrons. The number of carbonyl (C=O) groups is 2. The van der Waals surface area contributed by atoms with E-state index >= 15 is 0 Å². The maximum Gasteiger partial charge on any atom is 0.322 e. The molecule has 0 saturated carbocycles. The Labute approximate surface area is 161 Å². The van der Waals surface area contributed by atoms with Gasteiger partial charge in [-0.3, -0.25) is 9.59 Å². The van der Waals surface area contributed by atoms with Crippen LogP contribution in [0, 0.1) is 0 Å². The second-order valence-electron chi connectivity index (χ2n) is 6.01. The van der Waals surface area contributed by atoms with Crippen molar-refractivity contribution in [2.24, 2.45) is 0 Å². The van der Waals surface area contributed by atoms with Crippen molar-refractivity contribution in [1.82, 2.24) is 10.3 Å². The van der Waals surface area contributed by atoms with Gasteiger partial charge in [0.2, 0.25) is 0 Å². The van der Waals surface area contributed by atoms with Gasteiger partial charge in [-0.1, -0.05) is 42.5 Å². The van der Waals surface area contributed by atoms with Crippen LogP contribution in [0.4, 0.5) is 5.13 Å². The van der Waals surface area contributed by atoms with Gasteiger partial charge >= 0.3 is 5.97 Å². The normalized spacial score (nSPS) is 10.4. The quantitative estimate of drug-likeness (QED) is 0.656. The average molecular weight is 381 g/mol. The number of carboxylic acids is 1. The van der Waals surface area contributed by atoms with Crippen molar-refractivity contribution in [2.45, 2.75) is 6.54 Å². The number of benzene rings is 2.